The quantitative estimate of drug-likeness (QED) is 0.646. The molecule has 0 atom stereocenters. The Bertz CT molecular complexity index is 506. The molecule has 1 aliphatic rings. The molecule has 1 aromatic carbocycles. The molecule has 76 valence electrons. The molecule has 2 aromatic rings. The first-order valence-electron chi connectivity index (χ1n) is 4.87. The highest BCUT2D eigenvalue weighted by molar-refractivity contribution is 5.64. The largest absolute Gasteiger partial charge is 0.396 e. The first kappa shape index (κ1) is 8.55. The number of tetrazole rings is 1. The Morgan fingerprint density at radius 1 is 1.40 bits per heavy atom. The summed E-state index contributed by atoms with van der Waals surface area (Å²) < 4.78 is 1.79. The third kappa shape index (κ3) is 1.24. The van der Waals surface area contributed by atoms with Crippen LogP contribution in [-0.2, 0) is 13.0 Å². The van der Waals surface area contributed by atoms with E-state index >= 15 is 0 Å². The molecule has 5 nitrogen and oxygen atoms in total. The fraction of sp³-hybridized carbons (Fsp3) is 0.300. The third-order valence-corrected chi connectivity index (χ3v) is 2.66. The Morgan fingerprint density at radius 2 is 2.33 bits per heavy atom. The van der Waals surface area contributed by atoms with Gasteiger partial charge in [0.25, 0.3) is 0 Å². The minimum Gasteiger partial charge on any atom is -0.396 e. The van der Waals surface area contributed by atoms with E-state index in [2.05, 4.69) is 21.6 Å². The number of rotatable bonds is 2. The average Bonchev–Trinajstić information content (AvgIpc) is 2.77. The number of fused-ring (bicyclic) bond motifs is 3. The van der Waals surface area contributed by atoms with Crippen LogP contribution in [0.2, 0.25) is 0 Å². The summed E-state index contributed by atoms with van der Waals surface area (Å²) in [6.07, 6.45) is 0.696. The lowest BCUT2D eigenvalue weighted by Gasteiger charge is -2.01. The highest BCUT2D eigenvalue weighted by Gasteiger charge is 2.20. The van der Waals surface area contributed by atoms with Gasteiger partial charge in [-0.1, -0.05) is 18.2 Å². The monoisotopic (exact) mass is 202 g/mol. The molecule has 0 amide bonds. The van der Waals surface area contributed by atoms with Gasteiger partial charge in [0.1, 0.15) is 0 Å². The zero-order chi connectivity index (χ0) is 10.3. The first-order chi connectivity index (χ1) is 7.38. The van der Waals surface area contributed by atoms with Crippen LogP contribution in [0.5, 0.6) is 0 Å². The van der Waals surface area contributed by atoms with Crippen molar-refractivity contribution in [3.05, 3.63) is 29.3 Å². The van der Waals surface area contributed by atoms with Crippen LogP contribution in [0.15, 0.2) is 18.2 Å². The molecule has 0 unspecified atom stereocenters. The van der Waals surface area contributed by atoms with Gasteiger partial charge in [0, 0.05) is 12.2 Å². The number of aliphatic hydroxyl groups is 1. The third-order valence-electron chi connectivity index (χ3n) is 2.66. The van der Waals surface area contributed by atoms with Crippen LogP contribution in [0.25, 0.3) is 11.4 Å². The normalized spacial score (nSPS) is 12.6. The lowest BCUT2D eigenvalue weighted by atomic mass is 10.0. The standard InChI is InChI=1S/C10H10N4O/c15-4-3-7-1-2-9-8(5-7)6-14-10(9)11-12-13-14/h1-2,5,15H,3-4,6H2. The lowest BCUT2D eigenvalue weighted by molar-refractivity contribution is 0.299. The Morgan fingerprint density at radius 3 is 3.20 bits per heavy atom. The Kier molecular flexibility index (Phi) is 1.78. The zero-order valence-electron chi connectivity index (χ0n) is 8.09. The van der Waals surface area contributed by atoms with Gasteiger partial charge in [-0.3, -0.25) is 0 Å². The highest BCUT2D eigenvalue weighted by atomic mass is 16.2. The van der Waals surface area contributed by atoms with E-state index in [4.69, 9.17) is 5.11 Å². The Labute approximate surface area is 86.4 Å². The van der Waals surface area contributed by atoms with Crippen molar-refractivity contribution in [2.24, 2.45) is 0 Å². The minimum absolute atomic E-state index is 0.184. The molecule has 2 heterocycles. The van der Waals surface area contributed by atoms with Crippen molar-refractivity contribution >= 4 is 0 Å². The summed E-state index contributed by atoms with van der Waals surface area (Å²) in [5.74, 6) is 0.834. The molecule has 0 radical (unpaired) electrons. The maximum Gasteiger partial charge on any atom is 0.182 e. The fourth-order valence-corrected chi connectivity index (χ4v) is 1.95. The summed E-state index contributed by atoms with van der Waals surface area (Å²) in [4.78, 5) is 0. The Balaban J connectivity index is 2.06. The summed E-state index contributed by atoms with van der Waals surface area (Å²) in [7, 11) is 0. The number of hydrogen-bond acceptors (Lipinski definition) is 4. The van der Waals surface area contributed by atoms with Gasteiger partial charge < -0.3 is 5.11 Å². The van der Waals surface area contributed by atoms with Gasteiger partial charge in [-0.15, -0.1) is 5.10 Å². The van der Waals surface area contributed by atoms with Gasteiger partial charge in [0.05, 0.1) is 6.54 Å². The molecule has 0 aliphatic carbocycles. The summed E-state index contributed by atoms with van der Waals surface area (Å²) in [5, 5.41) is 20.3. The van der Waals surface area contributed by atoms with Crippen molar-refractivity contribution in [2.45, 2.75) is 13.0 Å². The molecule has 0 bridgehead atoms. The smallest absolute Gasteiger partial charge is 0.182 e. The summed E-state index contributed by atoms with van der Waals surface area (Å²) in [6.45, 7) is 0.917. The Hall–Kier alpha value is -1.75. The molecule has 0 saturated heterocycles. The maximum atomic E-state index is 8.86. The van der Waals surface area contributed by atoms with Gasteiger partial charge in [0.2, 0.25) is 0 Å². The molecule has 15 heavy (non-hydrogen) atoms. The molecular weight excluding hydrogens is 192 g/mol. The van der Waals surface area contributed by atoms with E-state index in [9.17, 15) is 0 Å². The van der Waals surface area contributed by atoms with Crippen molar-refractivity contribution in [3.8, 4) is 11.4 Å². The van der Waals surface area contributed by atoms with E-state index in [1.807, 2.05) is 12.1 Å². The fourth-order valence-electron chi connectivity index (χ4n) is 1.95. The van der Waals surface area contributed by atoms with E-state index in [0.717, 1.165) is 23.5 Å². The summed E-state index contributed by atoms with van der Waals surface area (Å²) >= 11 is 0. The number of hydrogen-bond donors (Lipinski definition) is 1. The van der Waals surface area contributed by atoms with Gasteiger partial charge in [-0.25, -0.2) is 4.68 Å². The molecule has 1 aromatic heterocycles. The van der Waals surface area contributed by atoms with E-state index in [-0.39, 0.29) is 6.61 Å². The van der Waals surface area contributed by atoms with Crippen molar-refractivity contribution in [1.82, 2.24) is 20.2 Å². The second-order valence-corrected chi connectivity index (χ2v) is 3.63. The average molecular weight is 202 g/mol. The van der Waals surface area contributed by atoms with Crippen LogP contribution in [-0.4, -0.2) is 31.9 Å². The van der Waals surface area contributed by atoms with E-state index in [1.54, 1.807) is 4.68 Å². The zero-order valence-corrected chi connectivity index (χ0v) is 8.09. The lowest BCUT2D eigenvalue weighted by Crippen LogP contribution is -1.96. The van der Waals surface area contributed by atoms with Crippen LogP contribution in [0.3, 0.4) is 0 Å². The molecule has 0 saturated carbocycles. The van der Waals surface area contributed by atoms with E-state index < -0.39 is 0 Å². The van der Waals surface area contributed by atoms with E-state index in [1.165, 1.54) is 5.56 Å². The molecule has 1 N–H and O–H groups in total. The topological polar surface area (TPSA) is 63.8 Å². The number of aliphatic hydroxyl groups excluding tert-OH is 1. The molecule has 1 aliphatic heterocycles. The second kappa shape index (κ2) is 3.13. The van der Waals surface area contributed by atoms with Crippen LogP contribution in [0, 0.1) is 0 Å². The minimum atomic E-state index is 0.184. The van der Waals surface area contributed by atoms with Crippen LogP contribution in [0.4, 0.5) is 0 Å². The predicted molar refractivity (Wildman–Crippen MR) is 53.1 cm³/mol. The highest BCUT2D eigenvalue weighted by Crippen LogP contribution is 2.29. The van der Waals surface area contributed by atoms with Gasteiger partial charge in [0.15, 0.2) is 5.82 Å². The van der Waals surface area contributed by atoms with Crippen molar-refractivity contribution < 1.29 is 5.11 Å². The molecule has 3 rings (SSSR count). The molecular formula is C10H10N4O. The van der Waals surface area contributed by atoms with Crippen LogP contribution >= 0.6 is 0 Å². The SMILES string of the molecule is OCCc1ccc2c(c1)Cn1nnnc1-2. The maximum absolute atomic E-state index is 8.86. The number of nitrogens with zero attached hydrogens (tertiary/aromatic N) is 4. The number of benzene rings is 1. The van der Waals surface area contributed by atoms with Gasteiger partial charge in [-0.2, -0.15) is 0 Å². The predicted octanol–water partition coefficient (Wildman–Crippen LogP) is 0.237. The number of aromatic nitrogens is 4. The van der Waals surface area contributed by atoms with Gasteiger partial charge >= 0.3 is 0 Å². The first-order valence-corrected chi connectivity index (χ1v) is 4.87. The van der Waals surface area contributed by atoms with Crippen LogP contribution in [0.1, 0.15) is 11.1 Å². The summed E-state index contributed by atoms with van der Waals surface area (Å²) in [5.41, 5.74) is 3.45. The molecule has 5 heteroatoms. The second-order valence-electron chi connectivity index (χ2n) is 3.63. The van der Waals surface area contributed by atoms with Gasteiger partial charge in [-0.05, 0) is 28.0 Å². The summed E-state index contributed by atoms with van der Waals surface area (Å²) in [6, 6.07) is 6.14. The van der Waals surface area contributed by atoms with Crippen molar-refractivity contribution in [2.75, 3.05) is 6.61 Å². The van der Waals surface area contributed by atoms with Crippen molar-refractivity contribution in [3.63, 3.8) is 0 Å². The molecule has 0 spiro atoms. The van der Waals surface area contributed by atoms with Crippen molar-refractivity contribution in [1.29, 1.82) is 0 Å². The van der Waals surface area contributed by atoms with E-state index in [0.29, 0.717) is 6.42 Å². The molecule has 0 fully saturated rings. The van der Waals surface area contributed by atoms with Crippen LogP contribution < -0.4 is 0 Å².